The zero-order chi connectivity index (χ0) is 19.7. The Hall–Kier alpha value is -3.58. The second-order valence-corrected chi connectivity index (χ2v) is 6.38. The van der Waals surface area contributed by atoms with Gasteiger partial charge in [-0.3, -0.25) is 4.79 Å². The highest BCUT2D eigenvalue weighted by atomic mass is 35.5. The van der Waals surface area contributed by atoms with E-state index in [0.717, 1.165) is 5.69 Å². The standard InChI is InChI=1S/C20H14ClN3O4/c1-27-15-6-7-16-17(9-19(25)28-18(16)8-15)20(26)23-13-2-4-14(5-3-13)24-11-12(21)10-22-24/h2-11H,1H3,(H,23,26). The Morgan fingerprint density at radius 2 is 1.96 bits per heavy atom. The van der Waals surface area contributed by atoms with Crippen LogP contribution in [0.3, 0.4) is 0 Å². The number of benzene rings is 2. The first-order valence-corrected chi connectivity index (χ1v) is 8.65. The van der Waals surface area contributed by atoms with E-state index in [1.54, 1.807) is 53.3 Å². The van der Waals surface area contributed by atoms with Gasteiger partial charge in [-0.25, -0.2) is 9.48 Å². The summed E-state index contributed by atoms with van der Waals surface area (Å²) >= 11 is 5.88. The number of methoxy groups -OCH3 is 1. The zero-order valence-electron chi connectivity index (χ0n) is 14.7. The zero-order valence-corrected chi connectivity index (χ0v) is 15.4. The van der Waals surface area contributed by atoms with Crippen molar-refractivity contribution in [2.24, 2.45) is 0 Å². The fourth-order valence-corrected chi connectivity index (χ4v) is 2.93. The Morgan fingerprint density at radius 3 is 2.64 bits per heavy atom. The lowest BCUT2D eigenvalue weighted by atomic mass is 10.1. The predicted octanol–water partition coefficient (Wildman–Crippen LogP) is 3.89. The lowest BCUT2D eigenvalue weighted by Crippen LogP contribution is -2.15. The Labute approximate surface area is 164 Å². The number of fused-ring (bicyclic) bond motifs is 1. The number of carbonyl (C=O) groups is 1. The van der Waals surface area contributed by atoms with Gasteiger partial charge in [-0.2, -0.15) is 5.10 Å². The molecular weight excluding hydrogens is 382 g/mol. The third-order valence-corrected chi connectivity index (χ3v) is 4.33. The van der Waals surface area contributed by atoms with E-state index in [4.69, 9.17) is 20.8 Å². The molecule has 140 valence electrons. The second kappa shape index (κ2) is 7.21. The summed E-state index contributed by atoms with van der Waals surface area (Å²) in [6.07, 6.45) is 3.22. The van der Waals surface area contributed by atoms with Crippen molar-refractivity contribution in [2.45, 2.75) is 0 Å². The lowest BCUT2D eigenvalue weighted by Gasteiger charge is -2.09. The van der Waals surface area contributed by atoms with Crippen LogP contribution in [0.1, 0.15) is 10.4 Å². The quantitative estimate of drug-likeness (QED) is 0.530. The monoisotopic (exact) mass is 395 g/mol. The van der Waals surface area contributed by atoms with Crippen molar-refractivity contribution in [3.8, 4) is 11.4 Å². The van der Waals surface area contributed by atoms with E-state index in [0.29, 0.717) is 21.8 Å². The molecule has 4 aromatic rings. The van der Waals surface area contributed by atoms with Crippen molar-refractivity contribution in [1.82, 2.24) is 9.78 Å². The van der Waals surface area contributed by atoms with E-state index in [-0.39, 0.29) is 11.1 Å². The van der Waals surface area contributed by atoms with Crippen molar-refractivity contribution < 1.29 is 13.9 Å². The largest absolute Gasteiger partial charge is 0.497 e. The van der Waals surface area contributed by atoms with Crippen molar-refractivity contribution in [3.05, 3.63) is 81.9 Å². The molecule has 0 radical (unpaired) electrons. The van der Waals surface area contributed by atoms with Gasteiger partial charge in [0.2, 0.25) is 0 Å². The average Bonchev–Trinajstić information content (AvgIpc) is 3.13. The van der Waals surface area contributed by atoms with Gasteiger partial charge < -0.3 is 14.5 Å². The molecule has 8 heteroatoms. The highest BCUT2D eigenvalue weighted by Gasteiger charge is 2.14. The van der Waals surface area contributed by atoms with Crippen molar-refractivity contribution in [1.29, 1.82) is 0 Å². The van der Waals surface area contributed by atoms with Crippen LogP contribution in [0, 0.1) is 0 Å². The van der Waals surface area contributed by atoms with E-state index < -0.39 is 11.5 Å². The fraction of sp³-hybridized carbons (Fsp3) is 0.0500. The molecule has 7 nitrogen and oxygen atoms in total. The summed E-state index contributed by atoms with van der Waals surface area (Å²) in [6.45, 7) is 0. The topological polar surface area (TPSA) is 86.4 Å². The summed E-state index contributed by atoms with van der Waals surface area (Å²) in [5.74, 6) is 0.112. The molecule has 2 aromatic carbocycles. The Balaban J connectivity index is 1.62. The molecule has 0 spiro atoms. The van der Waals surface area contributed by atoms with E-state index in [1.165, 1.54) is 19.4 Å². The number of hydrogen-bond acceptors (Lipinski definition) is 5. The molecule has 1 amide bonds. The molecule has 0 aliphatic rings. The van der Waals surface area contributed by atoms with Crippen LogP contribution < -0.4 is 15.7 Å². The van der Waals surface area contributed by atoms with Crippen molar-refractivity contribution in [3.63, 3.8) is 0 Å². The smallest absolute Gasteiger partial charge is 0.337 e. The SMILES string of the molecule is COc1ccc2c(C(=O)Nc3ccc(-n4cc(Cl)cn4)cc3)cc(=O)oc2c1. The fourth-order valence-electron chi connectivity index (χ4n) is 2.80. The maximum Gasteiger partial charge on any atom is 0.337 e. The summed E-state index contributed by atoms with van der Waals surface area (Å²) in [5, 5.41) is 7.95. The van der Waals surface area contributed by atoms with Gasteiger partial charge in [-0.1, -0.05) is 11.6 Å². The van der Waals surface area contributed by atoms with Crippen LogP contribution in [0.25, 0.3) is 16.7 Å². The maximum atomic E-state index is 12.7. The molecular formula is C20H14ClN3O4. The van der Waals surface area contributed by atoms with Gasteiger partial charge in [0.25, 0.3) is 5.91 Å². The molecule has 1 N–H and O–H groups in total. The van der Waals surface area contributed by atoms with E-state index in [9.17, 15) is 9.59 Å². The minimum absolute atomic E-state index is 0.219. The highest BCUT2D eigenvalue weighted by molar-refractivity contribution is 6.30. The number of amides is 1. The highest BCUT2D eigenvalue weighted by Crippen LogP contribution is 2.23. The van der Waals surface area contributed by atoms with Gasteiger partial charge >= 0.3 is 5.63 Å². The maximum absolute atomic E-state index is 12.7. The number of aromatic nitrogens is 2. The van der Waals surface area contributed by atoms with Crippen LogP contribution in [0.15, 0.2) is 70.1 Å². The number of carbonyl (C=O) groups excluding carboxylic acids is 1. The molecule has 0 fully saturated rings. The van der Waals surface area contributed by atoms with Crippen LogP contribution in [-0.2, 0) is 0 Å². The number of anilines is 1. The molecule has 0 saturated carbocycles. The summed E-state index contributed by atoms with van der Waals surface area (Å²) in [7, 11) is 1.51. The number of nitrogens with zero attached hydrogens (tertiary/aromatic N) is 2. The first kappa shape index (κ1) is 17.8. The normalized spacial score (nSPS) is 10.8. The number of ether oxygens (including phenoxy) is 1. The Bertz CT molecular complexity index is 1230. The molecule has 0 atom stereocenters. The van der Waals surface area contributed by atoms with Crippen molar-refractivity contribution >= 4 is 34.2 Å². The first-order valence-electron chi connectivity index (χ1n) is 8.27. The summed E-state index contributed by atoms with van der Waals surface area (Å²) in [4.78, 5) is 24.6. The molecule has 0 aliphatic carbocycles. The summed E-state index contributed by atoms with van der Waals surface area (Å²) in [5.41, 5.74) is 1.25. The molecule has 0 unspecified atom stereocenters. The molecule has 2 aromatic heterocycles. The summed E-state index contributed by atoms with van der Waals surface area (Å²) < 4.78 is 11.9. The van der Waals surface area contributed by atoms with Crippen LogP contribution >= 0.6 is 11.6 Å². The Morgan fingerprint density at radius 1 is 1.18 bits per heavy atom. The van der Waals surface area contributed by atoms with Crippen LogP contribution in [0.5, 0.6) is 5.75 Å². The van der Waals surface area contributed by atoms with Gasteiger partial charge in [0, 0.05) is 29.4 Å². The lowest BCUT2D eigenvalue weighted by molar-refractivity contribution is 0.102. The van der Waals surface area contributed by atoms with Crippen LogP contribution in [0.4, 0.5) is 5.69 Å². The second-order valence-electron chi connectivity index (χ2n) is 5.95. The van der Waals surface area contributed by atoms with Gasteiger partial charge in [0.05, 0.1) is 29.6 Å². The van der Waals surface area contributed by atoms with E-state index in [1.807, 2.05) is 0 Å². The summed E-state index contributed by atoms with van der Waals surface area (Å²) in [6, 6.07) is 13.2. The number of rotatable bonds is 4. The number of hydrogen-bond donors (Lipinski definition) is 1. The molecule has 0 bridgehead atoms. The molecule has 4 rings (SSSR count). The van der Waals surface area contributed by atoms with E-state index in [2.05, 4.69) is 10.4 Å². The predicted molar refractivity (Wildman–Crippen MR) is 106 cm³/mol. The third-order valence-electron chi connectivity index (χ3n) is 4.14. The Kier molecular flexibility index (Phi) is 4.58. The first-order chi connectivity index (χ1) is 13.5. The van der Waals surface area contributed by atoms with Gasteiger partial charge in [0.1, 0.15) is 11.3 Å². The van der Waals surface area contributed by atoms with Crippen LogP contribution in [-0.4, -0.2) is 22.8 Å². The van der Waals surface area contributed by atoms with Crippen LogP contribution in [0.2, 0.25) is 5.02 Å². The minimum Gasteiger partial charge on any atom is -0.497 e. The number of halogens is 1. The number of nitrogens with one attached hydrogen (secondary N) is 1. The molecule has 28 heavy (non-hydrogen) atoms. The van der Waals surface area contributed by atoms with Gasteiger partial charge in [0.15, 0.2) is 0 Å². The van der Waals surface area contributed by atoms with Gasteiger partial charge in [-0.05, 0) is 36.4 Å². The molecule has 2 heterocycles. The third kappa shape index (κ3) is 3.47. The minimum atomic E-state index is -0.614. The van der Waals surface area contributed by atoms with Gasteiger partial charge in [-0.15, -0.1) is 0 Å². The average molecular weight is 396 g/mol. The molecule has 0 aliphatic heterocycles. The molecule has 0 saturated heterocycles. The van der Waals surface area contributed by atoms with Crippen molar-refractivity contribution in [2.75, 3.05) is 12.4 Å². The van der Waals surface area contributed by atoms with E-state index >= 15 is 0 Å².